The maximum absolute atomic E-state index is 12.3. The van der Waals surface area contributed by atoms with Gasteiger partial charge in [-0.3, -0.25) is 14.5 Å². The highest BCUT2D eigenvalue weighted by Gasteiger charge is 2.46. The Hall–Kier alpha value is -1.73. The van der Waals surface area contributed by atoms with Crippen LogP contribution < -0.4 is 5.14 Å². The monoisotopic (exact) mass is 310 g/mol. The van der Waals surface area contributed by atoms with E-state index in [0.717, 1.165) is 0 Å². The molecule has 21 heavy (non-hydrogen) atoms. The Morgan fingerprint density at radius 3 is 2.24 bits per heavy atom. The van der Waals surface area contributed by atoms with Crippen LogP contribution in [0.3, 0.4) is 0 Å². The fourth-order valence-corrected chi connectivity index (χ4v) is 2.86. The summed E-state index contributed by atoms with van der Waals surface area (Å²) in [6.45, 7) is 3.82. The maximum Gasteiger partial charge on any atom is 0.238 e. The van der Waals surface area contributed by atoms with E-state index < -0.39 is 15.4 Å². The molecular formula is C14H18N2O4S. The number of hydrogen-bond acceptors (Lipinski definition) is 4. The molecule has 1 aliphatic heterocycles. The van der Waals surface area contributed by atoms with Gasteiger partial charge in [-0.1, -0.05) is 26.0 Å². The van der Waals surface area contributed by atoms with Crippen LogP contribution in [0.4, 0.5) is 0 Å². The second-order valence-corrected chi connectivity index (χ2v) is 7.13. The van der Waals surface area contributed by atoms with Gasteiger partial charge >= 0.3 is 0 Å². The van der Waals surface area contributed by atoms with Gasteiger partial charge in [-0.2, -0.15) is 0 Å². The Morgan fingerprint density at radius 1 is 1.24 bits per heavy atom. The largest absolute Gasteiger partial charge is 0.278 e. The lowest BCUT2D eigenvalue weighted by atomic mass is 9.86. The van der Waals surface area contributed by atoms with Gasteiger partial charge in [0.2, 0.25) is 21.8 Å². The summed E-state index contributed by atoms with van der Waals surface area (Å²) in [7, 11) is -3.74. The molecule has 114 valence electrons. The van der Waals surface area contributed by atoms with Gasteiger partial charge in [-0.15, -0.1) is 0 Å². The van der Waals surface area contributed by atoms with E-state index in [2.05, 4.69) is 0 Å². The highest BCUT2D eigenvalue weighted by atomic mass is 32.2. The van der Waals surface area contributed by atoms with Gasteiger partial charge in [0.05, 0.1) is 16.9 Å². The van der Waals surface area contributed by atoms with Crippen LogP contribution in [0.15, 0.2) is 29.2 Å². The topological polar surface area (TPSA) is 97.5 Å². The zero-order chi connectivity index (χ0) is 15.8. The smallest absolute Gasteiger partial charge is 0.238 e. The molecule has 1 heterocycles. The summed E-state index contributed by atoms with van der Waals surface area (Å²) < 4.78 is 22.4. The van der Waals surface area contributed by atoms with Gasteiger partial charge in [0.25, 0.3) is 0 Å². The molecule has 0 radical (unpaired) electrons. The molecule has 6 nitrogen and oxygen atoms in total. The van der Waals surface area contributed by atoms with Crippen molar-refractivity contribution in [2.45, 2.75) is 38.1 Å². The third-order valence-electron chi connectivity index (χ3n) is 3.98. The Kier molecular flexibility index (Phi) is 3.90. The number of nitrogens with zero attached hydrogens (tertiary/aromatic N) is 1. The van der Waals surface area contributed by atoms with Crippen LogP contribution in [0.5, 0.6) is 0 Å². The molecule has 1 aromatic rings. The molecule has 1 fully saturated rings. The molecule has 0 aliphatic carbocycles. The van der Waals surface area contributed by atoms with E-state index in [1.54, 1.807) is 19.1 Å². The Balaban J connectivity index is 2.19. The van der Waals surface area contributed by atoms with Crippen LogP contribution in [0.1, 0.15) is 32.3 Å². The van der Waals surface area contributed by atoms with Crippen molar-refractivity contribution in [1.29, 1.82) is 0 Å². The van der Waals surface area contributed by atoms with Gasteiger partial charge in [-0.25, -0.2) is 13.6 Å². The summed E-state index contributed by atoms with van der Waals surface area (Å²) in [5.74, 6) is -0.370. The molecule has 0 bridgehead atoms. The highest BCUT2D eigenvalue weighted by molar-refractivity contribution is 7.89. The zero-order valence-corrected chi connectivity index (χ0v) is 12.8. The number of rotatable bonds is 4. The molecule has 1 saturated heterocycles. The summed E-state index contributed by atoms with van der Waals surface area (Å²) in [5.41, 5.74) is 0.0573. The Labute approximate surface area is 124 Å². The summed E-state index contributed by atoms with van der Waals surface area (Å²) in [5, 5.41) is 5.02. The maximum atomic E-state index is 12.3. The first-order chi connectivity index (χ1) is 9.67. The lowest BCUT2D eigenvalue weighted by Gasteiger charge is -2.20. The standard InChI is InChI=1S/C14H18N2O4S/c1-3-14(2)8-12(17)16(13(14)18)9-10-4-6-11(7-5-10)21(15,19)20/h4-7H,3,8-9H2,1-2H3,(H2,15,19,20). The third kappa shape index (κ3) is 2.98. The molecule has 1 atom stereocenters. The normalized spacial score (nSPS) is 22.9. The molecule has 1 aromatic carbocycles. The molecule has 0 saturated carbocycles. The summed E-state index contributed by atoms with van der Waals surface area (Å²) in [4.78, 5) is 25.5. The number of primary sulfonamides is 1. The van der Waals surface area contributed by atoms with Crippen LogP contribution in [0, 0.1) is 5.41 Å². The quantitative estimate of drug-likeness (QED) is 0.839. The van der Waals surface area contributed by atoms with E-state index in [9.17, 15) is 18.0 Å². The second kappa shape index (κ2) is 5.23. The van der Waals surface area contributed by atoms with Crippen molar-refractivity contribution in [3.63, 3.8) is 0 Å². The molecule has 1 aliphatic rings. The van der Waals surface area contributed by atoms with Gasteiger partial charge in [0.1, 0.15) is 0 Å². The Bertz CT molecular complexity index is 681. The average Bonchev–Trinajstić information content (AvgIpc) is 2.63. The number of imide groups is 1. The first-order valence-electron chi connectivity index (χ1n) is 6.64. The molecule has 2 rings (SSSR count). The summed E-state index contributed by atoms with van der Waals surface area (Å²) >= 11 is 0. The molecule has 2 amide bonds. The molecule has 0 aromatic heterocycles. The summed E-state index contributed by atoms with van der Waals surface area (Å²) in [6, 6.07) is 5.85. The number of sulfonamides is 1. The van der Waals surface area contributed by atoms with E-state index in [1.807, 2.05) is 6.92 Å². The van der Waals surface area contributed by atoms with Crippen molar-refractivity contribution < 1.29 is 18.0 Å². The van der Waals surface area contributed by atoms with E-state index >= 15 is 0 Å². The van der Waals surface area contributed by atoms with Crippen molar-refractivity contribution >= 4 is 21.8 Å². The number of hydrogen-bond donors (Lipinski definition) is 1. The predicted octanol–water partition coefficient (Wildman–Crippen LogP) is 1.01. The van der Waals surface area contributed by atoms with Crippen molar-refractivity contribution in [2.24, 2.45) is 10.6 Å². The van der Waals surface area contributed by atoms with E-state index in [-0.39, 0.29) is 29.7 Å². The number of nitrogens with two attached hydrogens (primary N) is 1. The molecule has 0 spiro atoms. The Morgan fingerprint density at radius 2 is 1.81 bits per heavy atom. The van der Waals surface area contributed by atoms with E-state index in [1.165, 1.54) is 17.0 Å². The number of amides is 2. The molecular weight excluding hydrogens is 292 g/mol. The number of benzene rings is 1. The minimum atomic E-state index is -3.74. The second-order valence-electron chi connectivity index (χ2n) is 5.56. The fourth-order valence-electron chi connectivity index (χ4n) is 2.35. The molecule has 7 heteroatoms. The number of carbonyl (C=O) groups is 2. The highest BCUT2D eigenvalue weighted by Crippen LogP contribution is 2.36. The van der Waals surface area contributed by atoms with Gasteiger partial charge in [0.15, 0.2) is 0 Å². The van der Waals surface area contributed by atoms with Crippen LogP contribution in [-0.2, 0) is 26.2 Å². The number of likely N-dealkylation sites (tertiary alicyclic amines) is 1. The van der Waals surface area contributed by atoms with Gasteiger partial charge in [0, 0.05) is 6.42 Å². The lowest BCUT2D eigenvalue weighted by Crippen LogP contribution is -2.33. The van der Waals surface area contributed by atoms with Crippen LogP contribution in [-0.4, -0.2) is 25.1 Å². The third-order valence-corrected chi connectivity index (χ3v) is 4.91. The van der Waals surface area contributed by atoms with Crippen molar-refractivity contribution in [3.05, 3.63) is 29.8 Å². The minimum Gasteiger partial charge on any atom is -0.278 e. The SMILES string of the molecule is CCC1(C)CC(=O)N(Cc2ccc(S(N)(=O)=O)cc2)C1=O. The van der Waals surface area contributed by atoms with Crippen molar-refractivity contribution in [3.8, 4) is 0 Å². The zero-order valence-electron chi connectivity index (χ0n) is 12.0. The first-order valence-corrected chi connectivity index (χ1v) is 8.18. The molecule has 1 unspecified atom stereocenters. The lowest BCUT2D eigenvalue weighted by molar-refractivity contribution is -0.141. The van der Waals surface area contributed by atoms with Crippen LogP contribution >= 0.6 is 0 Å². The molecule has 2 N–H and O–H groups in total. The van der Waals surface area contributed by atoms with Crippen molar-refractivity contribution in [1.82, 2.24) is 4.90 Å². The van der Waals surface area contributed by atoms with Crippen molar-refractivity contribution in [2.75, 3.05) is 0 Å². The van der Waals surface area contributed by atoms with Gasteiger partial charge in [-0.05, 0) is 24.1 Å². The number of carbonyl (C=O) groups excluding carboxylic acids is 2. The summed E-state index contributed by atoms with van der Waals surface area (Å²) in [6.07, 6.45) is 0.829. The van der Waals surface area contributed by atoms with E-state index in [4.69, 9.17) is 5.14 Å². The van der Waals surface area contributed by atoms with Crippen LogP contribution in [0.25, 0.3) is 0 Å². The fraction of sp³-hybridized carbons (Fsp3) is 0.429. The first kappa shape index (κ1) is 15.7. The predicted molar refractivity (Wildman–Crippen MR) is 76.4 cm³/mol. The van der Waals surface area contributed by atoms with Crippen LogP contribution in [0.2, 0.25) is 0 Å². The average molecular weight is 310 g/mol. The van der Waals surface area contributed by atoms with E-state index in [0.29, 0.717) is 12.0 Å². The minimum absolute atomic E-state index is 0.00345. The van der Waals surface area contributed by atoms with Gasteiger partial charge < -0.3 is 0 Å².